The molecule has 3 aromatic carbocycles. The molecule has 1 aliphatic heterocycles. The van der Waals surface area contributed by atoms with Crippen LogP contribution >= 0.6 is 15.9 Å². The van der Waals surface area contributed by atoms with Gasteiger partial charge in [0.05, 0.1) is 5.52 Å². The maximum atomic E-state index is 13.2. The van der Waals surface area contributed by atoms with Crippen molar-refractivity contribution in [3.63, 3.8) is 0 Å². The summed E-state index contributed by atoms with van der Waals surface area (Å²) in [5, 5.41) is 10.7. The Labute approximate surface area is 252 Å². The molecule has 1 aromatic heterocycles. The van der Waals surface area contributed by atoms with Gasteiger partial charge in [-0.3, -0.25) is 4.79 Å². The number of hydrogen-bond acceptors (Lipinski definition) is 5. The molecule has 0 bridgehead atoms. The number of para-hydroxylation sites is 1. The number of fused-ring (bicyclic) bond motifs is 1. The van der Waals surface area contributed by atoms with Gasteiger partial charge in [0.15, 0.2) is 0 Å². The molecule has 1 saturated heterocycles. The number of aromatic nitrogens is 1. The highest BCUT2D eigenvalue weighted by Crippen LogP contribution is 2.34. The van der Waals surface area contributed by atoms with E-state index in [0.717, 1.165) is 15.4 Å². The molecule has 1 N–H and O–H groups in total. The number of piperazine rings is 1. The number of nitrogens with zero attached hydrogens (tertiary/aromatic N) is 3. The quantitative estimate of drug-likeness (QED) is 0.256. The van der Waals surface area contributed by atoms with Crippen LogP contribution in [-0.2, 0) is 11.3 Å². The van der Waals surface area contributed by atoms with E-state index in [1.165, 1.54) is 0 Å². The van der Waals surface area contributed by atoms with Crippen LogP contribution in [0.4, 0.5) is 4.79 Å². The molecule has 5 rings (SSSR count). The number of carboxylic acids is 1. The zero-order chi connectivity index (χ0) is 30.0. The number of benzene rings is 3. The number of halogens is 1. The molecule has 0 spiro atoms. The third-order valence-corrected chi connectivity index (χ3v) is 7.56. The summed E-state index contributed by atoms with van der Waals surface area (Å²) in [7, 11) is 0. The van der Waals surface area contributed by atoms with Gasteiger partial charge in [-0.1, -0.05) is 30.3 Å². The van der Waals surface area contributed by atoms with Crippen LogP contribution < -0.4 is 4.74 Å². The van der Waals surface area contributed by atoms with Crippen molar-refractivity contribution in [1.29, 1.82) is 0 Å². The lowest BCUT2D eigenvalue weighted by Crippen LogP contribution is -2.51. The van der Waals surface area contributed by atoms with Gasteiger partial charge < -0.3 is 28.9 Å². The fourth-order valence-corrected chi connectivity index (χ4v) is 5.40. The van der Waals surface area contributed by atoms with E-state index in [4.69, 9.17) is 9.47 Å². The second-order valence-electron chi connectivity index (χ2n) is 11.1. The molecule has 0 radical (unpaired) electrons. The highest BCUT2D eigenvalue weighted by molar-refractivity contribution is 9.10. The summed E-state index contributed by atoms with van der Waals surface area (Å²) in [6.07, 6.45) is -0.372. The van der Waals surface area contributed by atoms with Crippen molar-refractivity contribution < 1.29 is 29.0 Å². The normalized spacial score (nSPS) is 13.7. The number of hydrogen-bond donors (Lipinski definition) is 1. The zero-order valence-electron chi connectivity index (χ0n) is 23.7. The van der Waals surface area contributed by atoms with Crippen LogP contribution in [0.1, 0.15) is 47.2 Å². The number of aromatic carboxylic acids is 1. The van der Waals surface area contributed by atoms with Gasteiger partial charge >= 0.3 is 12.1 Å². The Morgan fingerprint density at radius 1 is 0.857 bits per heavy atom. The predicted octanol–water partition coefficient (Wildman–Crippen LogP) is 6.64. The van der Waals surface area contributed by atoms with Crippen molar-refractivity contribution in [3.05, 3.63) is 94.1 Å². The number of carbonyl (C=O) groups is 3. The van der Waals surface area contributed by atoms with Gasteiger partial charge in [-0.15, -0.1) is 0 Å². The van der Waals surface area contributed by atoms with Gasteiger partial charge in [0.2, 0.25) is 0 Å². The van der Waals surface area contributed by atoms with Crippen molar-refractivity contribution in [3.8, 4) is 11.5 Å². The topological polar surface area (TPSA) is 101 Å². The van der Waals surface area contributed by atoms with Crippen molar-refractivity contribution in [2.75, 3.05) is 26.2 Å². The fraction of sp³-hybridized carbons (Fsp3) is 0.281. The van der Waals surface area contributed by atoms with Crippen molar-refractivity contribution >= 4 is 44.8 Å². The maximum absolute atomic E-state index is 13.2. The lowest BCUT2D eigenvalue weighted by atomic mass is 10.1. The lowest BCUT2D eigenvalue weighted by Gasteiger charge is -2.35. The highest BCUT2D eigenvalue weighted by Gasteiger charge is 2.28. The third-order valence-electron chi connectivity index (χ3n) is 6.90. The largest absolute Gasteiger partial charge is 0.477 e. The Balaban J connectivity index is 1.31. The van der Waals surface area contributed by atoms with Crippen molar-refractivity contribution in [2.45, 2.75) is 32.9 Å². The van der Waals surface area contributed by atoms with Gasteiger partial charge in [0.25, 0.3) is 5.91 Å². The molecule has 0 saturated carbocycles. The van der Waals surface area contributed by atoms with E-state index in [-0.39, 0.29) is 24.2 Å². The van der Waals surface area contributed by atoms with E-state index in [1.807, 2.05) is 75.4 Å². The average Bonchev–Trinajstić information content (AvgIpc) is 3.32. The molecule has 2 amide bonds. The van der Waals surface area contributed by atoms with Crippen LogP contribution in [0.15, 0.2) is 77.3 Å². The Morgan fingerprint density at radius 2 is 1.50 bits per heavy atom. The summed E-state index contributed by atoms with van der Waals surface area (Å²) in [5.74, 6) is 0.0898. The minimum atomic E-state index is -1.04. The summed E-state index contributed by atoms with van der Waals surface area (Å²) < 4.78 is 13.9. The Hall–Kier alpha value is -4.31. The van der Waals surface area contributed by atoms with Gasteiger partial charge in [-0.05, 0) is 78.7 Å². The maximum Gasteiger partial charge on any atom is 0.410 e. The number of ether oxygens (including phenoxy) is 2. The fourth-order valence-electron chi connectivity index (χ4n) is 4.86. The summed E-state index contributed by atoms with van der Waals surface area (Å²) >= 11 is 3.57. The summed E-state index contributed by atoms with van der Waals surface area (Å²) in [4.78, 5) is 41.0. The smallest absolute Gasteiger partial charge is 0.410 e. The molecular formula is C32H32BrN3O6. The number of amides is 2. The average molecular weight is 635 g/mol. The monoisotopic (exact) mass is 633 g/mol. The van der Waals surface area contributed by atoms with Gasteiger partial charge in [-0.2, -0.15) is 0 Å². The number of carbonyl (C=O) groups excluding carboxylic acids is 2. The standard InChI is InChI=1S/C32H32BrN3O6/c1-32(2,3)42-31(40)35-15-13-34(14-16-35)29(37)22-11-9-21(10-12-22)20-36-27-18-24(41-23-7-5-4-6-8-23)17-26(33)25(27)19-28(36)30(38)39/h4-12,17-19H,13-16,20H2,1-3H3,(H,38,39). The van der Waals surface area contributed by atoms with Gasteiger partial charge in [-0.25, -0.2) is 9.59 Å². The van der Waals surface area contributed by atoms with Crippen LogP contribution in [0, 0.1) is 0 Å². The van der Waals surface area contributed by atoms with Crippen molar-refractivity contribution in [1.82, 2.24) is 14.4 Å². The molecule has 10 heteroatoms. The molecule has 42 heavy (non-hydrogen) atoms. The van der Waals surface area contributed by atoms with Crippen molar-refractivity contribution in [2.24, 2.45) is 0 Å². The molecule has 4 aromatic rings. The second-order valence-corrected chi connectivity index (χ2v) is 12.0. The first kappa shape index (κ1) is 29.2. The molecular weight excluding hydrogens is 602 g/mol. The van der Waals surface area contributed by atoms with Crippen LogP contribution in [0.3, 0.4) is 0 Å². The molecule has 2 heterocycles. The van der Waals surface area contributed by atoms with Crippen LogP contribution in [0.5, 0.6) is 11.5 Å². The molecule has 1 fully saturated rings. The number of rotatable bonds is 6. The Bertz CT molecular complexity index is 1620. The van der Waals surface area contributed by atoms with Crippen LogP contribution in [-0.4, -0.2) is 69.2 Å². The zero-order valence-corrected chi connectivity index (χ0v) is 25.3. The van der Waals surface area contributed by atoms with Crippen LogP contribution in [0.25, 0.3) is 10.9 Å². The minimum Gasteiger partial charge on any atom is -0.477 e. The lowest BCUT2D eigenvalue weighted by molar-refractivity contribution is 0.0141. The Morgan fingerprint density at radius 3 is 2.12 bits per heavy atom. The van der Waals surface area contributed by atoms with E-state index >= 15 is 0 Å². The van der Waals surface area contributed by atoms with Gasteiger partial charge in [0.1, 0.15) is 22.8 Å². The van der Waals surface area contributed by atoms with E-state index < -0.39 is 11.6 Å². The first-order valence-electron chi connectivity index (χ1n) is 13.6. The first-order chi connectivity index (χ1) is 20.0. The first-order valence-corrected chi connectivity index (χ1v) is 14.4. The van der Waals surface area contributed by atoms with Crippen LogP contribution in [0.2, 0.25) is 0 Å². The highest BCUT2D eigenvalue weighted by atomic mass is 79.9. The minimum absolute atomic E-state index is 0.116. The molecule has 0 atom stereocenters. The predicted molar refractivity (Wildman–Crippen MR) is 162 cm³/mol. The number of carboxylic acid groups (broad SMARTS) is 1. The van der Waals surface area contributed by atoms with Gasteiger partial charge in [0, 0.05) is 54.2 Å². The van der Waals surface area contributed by atoms with E-state index in [2.05, 4.69) is 15.9 Å². The van der Waals surface area contributed by atoms with E-state index in [1.54, 1.807) is 32.6 Å². The molecule has 218 valence electrons. The molecule has 9 nitrogen and oxygen atoms in total. The molecule has 0 unspecified atom stereocenters. The Kier molecular flexibility index (Phi) is 8.27. The molecule has 0 aliphatic carbocycles. The van der Waals surface area contributed by atoms with E-state index in [0.29, 0.717) is 48.8 Å². The SMILES string of the molecule is CC(C)(C)OC(=O)N1CCN(C(=O)c2ccc(Cn3c(C(=O)O)cc4c(Br)cc(Oc5ccccc5)cc43)cc2)CC1. The summed E-state index contributed by atoms with van der Waals surface area (Å²) in [6, 6.07) is 21.8. The summed E-state index contributed by atoms with van der Waals surface area (Å²) in [5.41, 5.74) is 1.65. The summed E-state index contributed by atoms with van der Waals surface area (Å²) in [6.45, 7) is 7.41. The third kappa shape index (κ3) is 6.60. The second kappa shape index (κ2) is 11.9. The van der Waals surface area contributed by atoms with E-state index in [9.17, 15) is 19.5 Å². The molecule has 1 aliphatic rings.